The first-order valence-electron chi connectivity index (χ1n) is 8.45. The predicted octanol–water partition coefficient (Wildman–Crippen LogP) is 2.39. The molecule has 4 aliphatic carbocycles. The van der Waals surface area contributed by atoms with Crippen LogP contribution in [0.25, 0.3) is 0 Å². The minimum absolute atomic E-state index is 0.266. The Hall–Kier alpha value is -0.590. The van der Waals surface area contributed by atoms with Crippen LogP contribution in [-0.4, -0.2) is 37.1 Å². The molecule has 1 unspecified atom stereocenters. The molecule has 110 valence electrons. The Morgan fingerprint density at radius 1 is 1.15 bits per heavy atom. The van der Waals surface area contributed by atoms with Crippen LogP contribution in [0.15, 0.2) is 0 Å². The van der Waals surface area contributed by atoms with Crippen LogP contribution < -0.4 is 5.32 Å². The van der Waals surface area contributed by atoms with Gasteiger partial charge in [-0.1, -0.05) is 0 Å². The molecular formula is C17H27N3. The Morgan fingerprint density at radius 3 is 2.20 bits per heavy atom. The number of nitriles is 1. The quantitative estimate of drug-likeness (QED) is 0.858. The molecular weight excluding hydrogens is 246 g/mol. The van der Waals surface area contributed by atoms with Gasteiger partial charge in [0.15, 0.2) is 0 Å². The van der Waals surface area contributed by atoms with E-state index in [1.54, 1.807) is 0 Å². The lowest BCUT2D eigenvalue weighted by Gasteiger charge is -2.57. The molecule has 1 N–H and O–H groups in total. The second-order valence-corrected chi connectivity index (χ2v) is 8.45. The van der Waals surface area contributed by atoms with Crippen LogP contribution in [-0.2, 0) is 0 Å². The first-order chi connectivity index (χ1) is 9.60. The fraction of sp³-hybridized carbons (Fsp3) is 0.941. The van der Waals surface area contributed by atoms with E-state index >= 15 is 0 Å². The van der Waals surface area contributed by atoms with Crippen molar-refractivity contribution in [2.45, 2.75) is 50.5 Å². The maximum absolute atomic E-state index is 9.61. The standard InChI is InChI=1S/C17H27N3/c1-20-3-2-17(10-18,12-20)19-11-16-7-13-4-14(8-16)6-15(5-13)9-16/h13-15,19H,2-9,11-12H2,1H3. The van der Waals surface area contributed by atoms with Crippen molar-refractivity contribution in [3.63, 3.8) is 0 Å². The minimum Gasteiger partial charge on any atom is -0.303 e. The molecule has 5 fully saturated rings. The number of likely N-dealkylation sites (N-methyl/N-ethyl adjacent to an activating group) is 1. The summed E-state index contributed by atoms with van der Waals surface area (Å²) in [6, 6.07) is 2.59. The van der Waals surface area contributed by atoms with Gasteiger partial charge in [0.25, 0.3) is 0 Å². The van der Waals surface area contributed by atoms with Gasteiger partial charge >= 0.3 is 0 Å². The third-order valence-electron chi connectivity index (χ3n) is 6.64. The van der Waals surface area contributed by atoms with E-state index in [0.717, 1.165) is 43.8 Å². The largest absolute Gasteiger partial charge is 0.303 e. The van der Waals surface area contributed by atoms with Crippen LogP contribution in [0.4, 0.5) is 0 Å². The first-order valence-corrected chi connectivity index (χ1v) is 8.45. The van der Waals surface area contributed by atoms with Crippen molar-refractivity contribution in [2.75, 3.05) is 26.7 Å². The summed E-state index contributed by atoms with van der Waals surface area (Å²) in [6.45, 7) is 3.05. The summed E-state index contributed by atoms with van der Waals surface area (Å²) >= 11 is 0. The predicted molar refractivity (Wildman–Crippen MR) is 79.1 cm³/mol. The number of hydrogen-bond donors (Lipinski definition) is 1. The molecule has 1 heterocycles. The number of likely N-dealkylation sites (tertiary alicyclic amines) is 1. The summed E-state index contributed by atoms with van der Waals surface area (Å²) < 4.78 is 0. The Labute approximate surface area is 122 Å². The number of nitrogens with zero attached hydrogens (tertiary/aromatic N) is 2. The number of rotatable bonds is 3. The zero-order valence-electron chi connectivity index (χ0n) is 12.7. The van der Waals surface area contributed by atoms with Crippen molar-refractivity contribution in [3.05, 3.63) is 0 Å². The topological polar surface area (TPSA) is 39.1 Å². The molecule has 0 radical (unpaired) electrons. The molecule has 5 aliphatic rings. The molecule has 0 aromatic rings. The summed E-state index contributed by atoms with van der Waals surface area (Å²) in [5.74, 6) is 3.02. The highest BCUT2D eigenvalue weighted by Crippen LogP contribution is 2.59. The minimum atomic E-state index is -0.266. The average Bonchev–Trinajstić information content (AvgIpc) is 2.78. The van der Waals surface area contributed by atoms with E-state index in [1.807, 2.05) is 0 Å². The van der Waals surface area contributed by atoms with E-state index in [4.69, 9.17) is 0 Å². The third kappa shape index (κ3) is 2.09. The van der Waals surface area contributed by atoms with Crippen molar-refractivity contribution in [2.24, 2.45) is 23.2 Å². The van der Waals surface area contributed by atoms with Crippen LogP contribution in [0.3, 0.4) is 0 Å². The van der Waals surface area contributed by atoms with Gasteiger partial charge in [-0.3, -0.25) is 5.32 Å². The lowest BCUT2D eigenvalue weighted by atomic mass is 9.49. The van der Waals surface area contributed by atoms with Gasteiger partial charge in [-0.2, -0.15) is 5.26 Å². The Morgan fingerprint density at radius 2 is 1.75 bits per heavy atom. The molecule has 0 amide bonds. The molecule has 20 heavy (non-hydrogen) atoms. The van der Waals surface area contributed by atoms with Gasteiger partial charge < -0.3 is 4.90 Å². The normalized spacial score (nSPS) is 50.5. The van der Waals surface area contributed by atoms with Gasteiger partial charge in [0, 0.05) is 19.6 Å². The summed E-state index contributed by atoms with van der Waals surface area (Å²) in [6.07, 6.45) is 9.81. The molecule has 3 heteroatoms. The molecule has 1 saturated heterocycles. The monoisotopic (exact) mass is 273 g/mol. The number of nitrogens with one attached hydrogen (secondary N) is 1. The van der Waals surface area contributed by atoms with Crippen molar-refractivity contribution in [1.29, 1.82) is 5.26 Å². The summed E-state index contributed by atoms with van der Waals surface area (Å²) in [4.78, 5) is 2.29. The molecule has 4 bridgehead atoms. The average molecular weight is 273 g/mol. The zero-order valence-corrected chi connectivity index (χ0v) is 12.7. The van der Waals surface area contributed by atoms with Gasteiger partial charge in [0.2, 0.25) is 0 Å². The summed E-state index contributed by atoms with van der Waals surface area (Å²) in [5, 5.41) is 13.3. The van der Waals surface area contributed by atoms with Gasteiger partial charge in [-0.15, -0.1) is 0 Å². The third-order valence-corrected chi connectivity index (χ3v) is 6.64. The van der Waals surface area contributed by atoms with Crippen molar-refractivity contribution in [1.82, 2.24) is 10.2 Å². The second-order valence-electron chi connectivity index (χ2n) is 8.45. The van der Waals surface area contributed by atoms with Crippen LogP contribution in [0.2, 0.25) is 0 Å². The molecule has 1 aliphatic heterocycles. The summed E-state index contributed by atoms with van der Waals surface area (Å²) in [5.41, 5.74) is 0.276. The first kappa shape index (κ1) is 13.1. The van der Waals surface area contributed by atoms with Crippen molar-refractivity contribution < 1.29 is 0 Å². The Balaban J connectivity index is 1.46. The van der Waals surface area contributed by atoms with E-state index in [0.29, 0.717) is 5.41 Å². The lowest BCUT2D eigenvalue weighted by Crippen LogP contribution is -2.55. The Kier molecular flexibility index (Phi) is 2.91. The van der Waals surface area contributed by atoms with Crippen LogP contribution in [0, 0.1) is 34.5 Å². The van der Waals surface area contributed by atoms with Crippen molar-refractivity contribution >= 4 is 0 Å². The second kappa shape index (κ2) is 4.45. The summed E-state index contributed by atoms with van der Waals surface area (Å²) in [7, 11) is 2.13. The fourth-order valence-corrected chi connectivity index (χ4v) is 6.14. The molecule has 0 spiro atoms. The number of hydrogen-bond acceptors (Lipinski definition) is 3. The maximum Gasteiger partial charge on any atom is 0.120 e. The molecule has 1 atom stereocenters. The van der Waals surface area contributed by atoms with E-state index < -0.39 is 0 Å². The van der Waals surface area contributed by atoms with Gasteiger partial charge in [0.1, 0.15) is 5.54 Å². The highest BCUT2D eigenvalue weighted by molar-refractivity contribution is 5.14. The smallest absolute Gasteiger partial charge is 0.120 e. The van der Waals surface area contributed by atoms with E-state index in [-0.39, 0.29) is 5.54 Å². The van der Waals surface area contributed by atoms with Gasteiger partial charge in [0.05, 0.1) is 6.07 Å². The SMILES string of the molecule is CN1CCC(C#N)(NCC23CC4CC(CC(C4)C2)C3)C1. The zero-order chi connectivity index (χ0) is 13.8. The Bertz CT molecular complexity index is 403. The van der Waals surface area contributed by atoms with Crippen LogP contribution >= 0.6 is 0 Å². The molecule has 3 nitrogen and oxygen atoms in total. The highest BCUT2D eigenvalue weighted by Gasteiger charge is 2.51. The fourth-order valence-electron chi connectivity index (χ4n) is 6.14. The van der Waals surface area contributed by atoms with Gasteiger partial charge in [-0.25, -0.2) is 0 Å². The van der Waals surface area contributed by atoms with E-state index in [1.165, 1.54) is 38.5 Å². The van der Waals surface area contributed by atoms with Crippen molar-refractivity contribution in [3.8, 4) is 6.07 Å². The lowest BCUT2D eigenvalue weighted by molar-refractivity contribution is -0.0534. The maximum atomic E-state index is 9.61. The molecule has 4 saturated carbocycles. The van der Waals surface area contributed by atoms with E-state index in [9.17, 15) is 5.26 Å². The van der Waals surface area contributed by atoms with Crippen LogP contribution in [0.1, 0.15) is 44.9 Å². The molecule has 5 rings (SSSR count). The van der Waals surface area contributed by atoms with Crippen LogP contribution in [0.5, 0.6) is 0 Å². The highest BCUT2D eigenvalue weighted by atomic mass is 15.2. The molecule has 0 aromatic carbocycles. The van der Waals surface area contributed by atoms with Gasteiger partial charge in [-0.05, 0) is 75.2 Å². The van der Waals surface area contributed by atoms with E-state index in [2.05, 4.69) is 23.3 Å². The molecule has 0 aromatic heterocycles.